The molecule has 1 aromatic heterocycles. The van der Waals surface area contributed by atoms with Crippen molar-refractivity contribution in [2.75, 3.05) is 23.7 Å². The Morgan fingerprint density at radius 2 is 2.15 bits per heavy atom. The lowest BCUT2D eigenvalue weighted by atomic mass is 9.80. The molecule has 0 amide bonds. The van der Waals surface area contributed by atoms with Crippen molar-refractivity contribution in [2.24, 2.45) is 11.3 Å². The van der Waals surface area contributed by atoms with E-state index in [-0.39, 0.29) is 11.2 Å². The lowest BCUT2D eigenvalue weighted by Crippen LogP contribution is -2.25. The first-order valence-electron chi connectivity index (χ1n) is 6.84. The van der Waals surface area contributed by atoms with E-state index in [2.05, 4.69) is 31.7 Å². The fourth-order valence-electron chi connectivity index (χ4n) is 2.68. The lowest BCUT2D eigenvalue weighted by Gasteiger charge is -2.27. The molecule has 1 aromatic rings. The molecule has 0 aromatic carbocycles. The molecule has 1 fully saturated rings. The summed E-state index contributed by atoms with van der Waals surface area (Å²) in [6.45, 7) is 10.1. The summed E-state index contributed by atoms with van der Waals surface area (Å²) < 4.78 is 0. The molecule has 5 heteroatoms. The van der Waals surface area contributed by atoms with Gasteiger partial charge in [-0.25, -0.2) is 0 Å². The molecule has 1 aliphatic heterocycles. The van der Waals surface area contributed by atoms with Gasteiger partial charge in [0.25, 0.3) is 0 Å². The van der Waals surface area contributed by atoms with Crippen molar-refractivity contribution in [2.45, 2.75) is 34.1 Å². The predicted molar refractivity (Wildman–Crippen MR) is 83.2 cm³/mol. The van der Waals surface area contributed by atoms with E-state index in [9.17, 15) is 10.1 Å². The molecule has 20 heavy (non-hydrogen) atoms. The Labute approximate surface area is 124 Å². The predicted octanol–water partition coefficient (Wildman–Crippen LogP) is 3.28. The summed E-state index contributed by atoms with van der Waals surface area (Å²) in [5.41, 5.74) is 7.02. The van der Waals surface area contributed by atoms with Crippen LogP contribution in [0.15, 0.2) is 0 Å². The van der Waals surface area contributed by atoms with E-state index >= 15 is 0 Å². The number of hydrogen-bond donors (Lipinski definition) is 1. The summed E-state index contributed by atoms with van der Waals surface area (Å²) in [5, 5.41) is 10.2. The molecule has 2 N–H and O–H groups in total. The van der Waals surface area contributed by atoms with Crippen molar-refractivity contribution in [1.29, 1.82) is 5.26 Å². The highest BCUT2D eigenvalue weighted by molar-refractivity contribution is 7.19. The standard InChI is InChI=1S/C15H21N3OS/c1-9(19)13-12(17)11(7-16)14(20-13)18-6-5-10(8-18)15(2,3)4/h10H,5-6,8,17H2,1-4H3. The number of anilines is 2. The number of nitrogens with two attached hydrogens (primary N) is 1. The summed E-state index contributed by atoms with van der Waals surface area (Å²) in [4.78, 5) is 14.3. The van der Waals surface area contributed by atoms with Crippen LogP contribution in [0, 0.1) is 22.7 Å². The molecule has 4 nitrogen and oxygen atoms in total. The van der Waals surface area contributed by atoms with Gasteiger partial charge in [-0.15, -0.1) is 11.3 Å². The van der Waals surface area contributed by atoms with Crippen LogP contribution in [0.25, 0.3) is 0 Å². The molecular formula is C15H21N3OS. The summed E-state index contributed by atoms with van der Waals surface area (Å²) in [6.07, 6.45) is 1.11. The summed E-state index contributed by atoms with van der Waals surface area (Å²) in [5.74, 6) is 0.528. The van der Waals surface area contributed by atoms with E-state index in [4.69, 9.17) is 5.73 Å². The van der Waals surface area contributed by atoms with Crippen LogP contribution in [0.1, 0.15) is 49.4 Å². The average molecular weight is 291 g/mol. The Morgan fingerprint density at radius 3 is 2.60 bits per heavy atom. The van der Waals surface area contributed by atoms with E-state index in [1.807, 2.05) is 0 Å². The van der Waals surface area contributed by atoms with Crippen LogP contribution in [0.5, 0.6) is 0 Å². The van der Waals surface area contributed by atoms with Crippen molar-refractivity contribution in [3.8, 4) is 6.07 Å². The highest BCUT2D eigenvalue weighted by Gasteiger charge is 2.34. The van der Waals surface area contributed by atoms with Crippen LogP contribution in [-0.4, -0.2) is 18.9 Å². The Bertz CT molecular complexity index is 577. The molecule has 0 aliphatic carbocycles. The van der Waals surface area contributed by atoms with E-state index < -0.39 is 0 Å². The Balaban J connectivity index is 2.34. The van der Waals surface area contributed by atoms with Crippen LogP contribution in [0.4, 0.5) is 10.7 Å². The van der Waals surface area contributed by atoms with Gasteiger partial charge in [-0.2, -0.15) is 5.26 Å². The molecule has 2 heterocycles. The number of nitrogen functional groups attached to an aromatic ring is 1. The van der Waals surface area contributed by atoms with Crippen molar-refractivity contribution in [1.82, 2.24) is 0 Å². The Morgan fingerprint density at radius 1 is 1.50 bits per heavy atom. The molecule has 0 saturated carbocycles. The third-order valence-electron chi connectivity index (χ3n) is 4.06. The number of hydrogen-bond acceptors (Lipinski definition) is 5. The number of nitriles is 1. The van der Waals surface area contributed by atoms with Crippen LogP contribution in [0.3, 0.4) is 0 Å². The molecule has 1 aliphatic rings. The van der Waals surface area contributed by atoms with Gasteiger partial charge in [0.2, 0.25) is 0 Å². The maximum atomic E-state index is 11.6. The first kappa shape index (κ1) is 14.9. The quantitative estimate of drug-likeness (QED) is 0.849. The van der Waals surface area contributed by atoms with Gasteiger partial charge in [0.15, 0.2) is 5.78 Å². The number of carbonyl (C=O) groups is 1. The van der Waals surface area contributed by atoms with Gasteiger partial charge in [-0.3, -0.25) is 4.79 Å². The third kappa shape index (κ3) is 2.53. The number of rotatable bonds is 2. The molecule has 0 radical (unpaired) electrons. The minimum atomic E-state index is -0.0678. The van der Waals surface area contributed by atoms with Gasteiger partial charge in [0, 0.05) is 20.0 Å². The number of ketones is 1. The highest BCUT2D eigenvalue weighted by atomic mass is 32.1. The van der Waals surface area contributed by atoms with E-state index in [0.717, 1.165) is 24.5 Å². The second-order valence-corrected chi connectivity index (χ2v) is 7.49. The van der Waals surface area contributed by atoms with E-state index in [0.29, 0.717) is 22.0 Å². The molecule has 0 bridgehead atoms. The minimum Gasteiger partial charge on any atom is -0.396 e. The van der Waals surface area contributed by atoms with Crippen LogP contribution in [-0.2, 0) is 0 Å². The molecule has 1 saturated heterocycles. The van der Waals surface area contributed by atoms with Gasteiger partial charge in [0.05, 0.1) is 10.6 Å². The normalized spacial score (nSPS) is 19.1. The zero-order valence-corrected chi connectivity index (χ0v) is 13.3. The molecule has 0 spiro atoms. The van der Waals surface area contributed by atoms with Gasteiger partial charge >= 0.3 is 0 Å². The summed E-state index contributed by atoms with van der Waals surface area (Å²) in [6, 6.07) is 2.16. The maximum absolute atomic E-state index is 11.6. The maximum Gasteiger partial charge on any atom is 0.171 e. The first-order chi connectivity index (χ1) is 9.25. The van der Waals surface area contributed by atoms with E-state index in [1.165, 1.54) is 18.3 Å². The molecule has 2 rings (SSSR count). The zero-order chi connectivity index (χ0) is 15.1. The zero-order valence-electron chi connectivity index (χ0n) is 12.5. The van der Waals surface area contributed by atoms with Crippen LogP contribution in [0.2, 0.25) is 0 Å². The SMILES string of the molecule is CC(=O)c1sc(N2CCC(C(C)(C)C)C2)c(C#N)c1N. The van der Waals surface area contributed by atoms with Gasteiger partial charge < -0.3 is 10.6 Å². The number of thiophene rings is 1. The number of carbonyl (C=O) groups excluding carboxylic acids is 1. The summed E-state index contributed by atoms with van der Waals surface area (Å²) >= 11 is 1.36. The minimum absolute atomic E-state index is 0.0678. The second kappa shape index (κ2) is 5.10. The molecule has 108 valence electrons. The summed E-state index contributed by atoms with van der Waals surface area (Å²) in [7, 11) is 0. The van der Waals surface area contributed by atoms with Crippen molar-refractivity contribution >= 4 is 27.8 Å². The second-order valence-electron chi connectivity index (χ2n) is 6.49. The Kier molecular flexibility index (Phi) is 3.79. The number of Topliss-reactive ketones (excluding diaryl/α,β-unsaturated/α-hetero) is 1. The largest absolute Gasteiger partial charge is 0.396 e. The van der Waals surface area contributed by atoms with Crippen LogP contribution < -0.4 is 10.6 Å². The molecule has 1 atom stereocenters. The van der Waals surface area contributed by atoms with Gasteiger partial charge in [-0.1, -0.05) is 20.8 Å². The van der Waals surface area contributed by atoms with Crippen molar-refractivity contribution in [3.05, 3.63) is 10.4 Å². The molecular weight excluding hydrogens is 270 g/mol. The fraction of sp³-hybridized carbons (Fsp3) is 0.600. The third-order valence-corrected chi connectivity index (χ3v) is 5.43. The average Bonchev–Trinajstić information content (AvgIpc) is 2.91. The smallest absolute Gasteiger partial charge is 0.171 e. The monoisotopic (exact) mass is 291 g/mol. The Hall–Kier alpha value is -1.54. The first-order valence-corrected chi connectivity index (χ1v) is 7.65. The van der Waals surface area contributed by atoms with Crippen molar-refractivity contribution in [3.63, 3.8) is 0 Å². The van der Waals surface area contributed by atoms with Crippen molar-refractivity contribution < 1.29 is 4.79 Å². The highest BCUT2D eigenvalue weighted by Crippen LogP contribution is 2.42. The number of nitrogens with zero attached hydrogens (tertiary/aromatic N) is 2. The van der Waals surface area contributed by atoms with E-state index in [1.54, 1.807) is 0 Å². The topological polar surface area (TPSA) is 70.1 Å². The van der Waals surface area contributed by atoms with Crippen LogP contribution >= 0.6 is 11.3 Å². The molecule has 1 unspecified atom stereocenters. The van der Waals surface area contributed by atoms with Gasteiger partial charge in [0.1, 0.15) is 16.6 Å². The fourth-order valence-corrected chi connectivity index (χ4v) is 3.78. The lowest BCUT2D eigenvalue weighted by molar-refractivity contribution is 0.102. The van der Waals surface area contributed by atoms with Gasteiger partial charge in [-0.05, 0) is 17.8 Å².